The average Bonchev–Trinajstić information content (AvgIpc) is 2.85. The lowest BCUT2D eigenvalue weighted by molar-refractivity contribution is -0.119. The molecule has 9 heteroatoms. The minimum atomic E-state index is -4.05. The van der Waals surface area contributed by atoms with E-state index in [1.165, 1.54) is 26.4 Å². The first-order valence-electron chi connectivity index (χ1n) is 10.2. The predicted octanol–water partition coefficient (Wildman–Crippen LogP) is 3.81. The van der Waals surface area contributed by atoms with Crippen LogP contribution < -0.4 is 19.1 Å². The van der Waals surface area contributed by atoms with E-state index in [0.29, 0.717) is 23.8 Å². The molecule has 0 saturated heterocycles. The fraction of sp³-hybridized carbons (Fsp3) is 0.208. The topological polar surface area (TPSA) is 84.9 Å². The monoisotopic (exact) mass is 486 g/mol. The Labute approximate surface area is 198 Å². The molecule has 0 saturated carbocycles. The van der Waals surface area contributed by atoms with Crippen molar-refractivity contribution in [3.63, 3.8) is 0 Å². The van der Waals surface area contributed by atoms with Crippen LogP contribution in [0.5, 0.6) is 11.5 Å². The number of anilines is 1. The highest BCUT2D eigenvalue weighted by atomic mass is 32.2. The Hall–Kier alpha value is -3.17. The molecule has 3 aromatic rings. The van der Waals surface area contributed by atoms with Gasteiger partial charge in [0.25, 0.3) is 10.0 Å². The number of hydrogen-bond donors (Lipinski definition) is 1. The lowest BCUT2D eigenvalue weighted by atomic mass is 10.3. The third-order valence-corrected chi connectivity index (χ3v) is 7.51. The highest BCUT2D eigenvalue weighted by Crippen LogP contribution is 2.32. The summed E-state index contributed by atoms with van der Waals surface area (Å²) in [6, 6.07) is 22.6. The van der Waals surface area contributed by atoms with E-state index in [2.05, 4.69) is 5.32 Å². The van der Waals surface area contributed by atoms with Crippen molar-refractivity contribution < 1.29 is 22.7 Å². The number of hydrogen-bond acceptors (Lipinski definition) is 6. The fourth-order valence-electron chi connectivity index (χ4n) is 3.07. The van der Waals surface area contributed by atoms with Gasteiger partial charge in [0.2, 0.25) is 5.91 Å². The van der Waals surface area contributed by atoms with Gasteiger partial charge in [-0.3, -0.25) is 9.10 Å². The largest absolute Gasteiger partial charge is 0.497 e. The van der Waals surface area contributed by atoms with Gasteiger partial charge in [0.15, 0.2) is 0 Å². The summed E-state index contributed by atoms with van der Waals surface area (Å²) >= 11 is 1.61. The van der Waals surface area contributed by atoms with E-state index in [0.717, 1.165) is 9.20 Å². The fourth-order valence-corrected chi connectivity index (χ4v) is 5.29. The van der Waals surface area contributed by atoms with E-state index in [1.54, 1.807) is 48.2 Å². The Morgan fingerprint density at radius 2 is 1.58 bits per heavy atom. The molecule has 0 atom stereocenters. The maximum Gasteiger partial charge on any atom is 0.264 e. The minimum absolute atomic E-state index is 0.0432. The molecule has 3 rings (SSSR count). The Morgan fingerprint density at radius 1 is 0.909 bits per heavy atom. The third kappa shape index (κ3) is 6.43. The molecule has 7 nitrogen and oxygen atoms in total. The molecule has 0 aliphatic heterocycles. The van der Waals surface area contributed by atoms with Crippen molar-refractivity contribution >= 4 is 33.4 Å². The standard InChI is InChI=1S/C24H26N2O5S2/c1-30-19-12-14-21(15-13-19)33(28,29)26(22-10-6-7-11-23(22)31-2)18-24(27)25-16-17-32-20-8-4-3-5-9-20/h3-15H,16-18H2,1-2H3,(H,25,27). The molecule has 33 heavy (non-hydrogen) atoms. The second-order valence-corrected chi connectivity index (χ2v) is 9.90. The number of carbonyl (C=O) groups is 1. The van der Waals surface area contributed by atoms with E-state index in [9.17, 15) is 13.2 Å². The molecule has 1 N–H and O–H groups in total. The molecule has 174 valence electrons. The quantitative estimate of drug-likeness (QED) is 0.328. The Morgan fingerprint density at radius 3 is 2.24 bits per heavy atom. The van der Waals surface area contributed by atoms with Gasteiger partial charge < -0.3 is 14.8 Å². The first kappa shape index (κ1) is 24.5. The summed E-state index contributed by atoms with van der Waals surface area (Å²) in [5, 5.41) is 2.81. The van der Waals surface area contributed by atoms with Crippen LogP contribution in [0, 0.1) is 0 Å². The number of nitrogens with one attached hydrogen (secondary N) is 1. The SMILES string of the molecule is COc1ccc(S(=O)(=O)N(CC(=O)NCCSc2ccccc2)c2ccccc2OC)cc1. The van der Waals surface area contributed by atoms with Gasteiger partial charge in [-0.05, 0) is 48.5 Å². The van der Waals surface area contributed by atoms with Gasteiger partial charge in [-0.15, -0.1) is 11.8 Å². The molecule has 0 fully saturated rings. The molecule has 0 spiro atoms. The lowest BCUT2D eigenvalue weighted by Gasteiger charge is -2.25. The van der Waals surface area contributed by atoms with Crippen LogP contribution in [0.2, 0.25) is 0 Å². The summed E-state index contributed by atoms with van der Waals surface area (Å²) < 4.78 is 38.5. The van der Waals surface area contributed by atoms with Crippen LogP contribution in [0.4, 0.5) is 5.69 Å². The van der Waals surface area contributed by atoms with Crippen LogP contribution in [0.1, 0.15) is 0 Å². The molecule has 0 bridgehead atoms. The molecule has 0 aliphatic carbocycles. The van der Waals surface area contributed by atoms with Crippen molar-refractivity contribution in [3.05, 3.63) is 78.9 Å². The number of sulfonamides is 1. The summed E-state index contributed by atoms with van der Waals surface area (Å²) in [6.07, 6.45) is 0. The summed E-state index contributed by atoms with van der Waals surface area (Å²) in [7, 11) is -1.09. The molecule has 3 aromatic carbocycles. The van der Waals surface area contributed by atoms with Crippen molar-refractivity contribution in [3.8, 4) is 11.5 Å². The molecular formula is C24H26N2O5S2. The van der Waals surface area contributed by atoms with Gasteiger partial charge in [0, 0.05) is 17.2 Å². The van der Waals surface area contributed by atoms with Crippen molar-refractivity contribution in [1.82, 2.24) is 5.32 Å². The molecule has 0 aliphatic rings. The number of para-hydroxylation sites is 2. The van der Waals surface area contributed by atoms with Crippen LogP contribution >= 0.6 is 11.8 Å². The van der Waals surface area contributed by atoms with E-state index < -0.39 is 15.9 Å². The highest BCUT2D eigenvalue weighted by molar-refractivity contribution is 7.99. The molecule has 0 heterocycles. The Kier molecular flexibility index (Phi) is 8.62. The normalized spacial score (nSPS) is 11.0. The van der Waals surface area contributed by atoms with Crippen LogP contribution in [-0.2, 0) is 14.8 Å². The number of ether oxygens (including phenoxy) is 2. The highest BCUT2D eigenvalue weighted by Gasteiger charge is 2.29. The lowest BCUT2D eigenvalue weighted by Crippen LogP contribution is -2.41. The summed E-state index contributed by atoms with van der Waals surface area (Å²) in [5.74, 6) is 1.13. The number of thioether (sulfide) groups is 1. The van der Waals surface area contributed by atoms with E-state index in [1.807, 2.05) is 30.3 Å². The maximum absolute atomic E-state index is 13.5. The van der Waals surface area contributed by atoms with Gasteiger partial charge >= 0.3 is 0 Å². The Balaban J connectivity index is 1.77. The summed E-state index contributed by atoms with van der Waals surface area (Å²) in [5.41, 5.74) is 0.282. The smallest absolute Gasteiger partial charge is 0.264 e. The van der Waals surface area contributed by atoms with Gasteiger partial charge in [-0.1, -0.05) is 30.3 Å². The van der Waals surface area contributed by atoms with Gasteiger partial charge in [0.1, 0.15) is 18.0 Å². The van der Waals surface area contributed by atoms with E-state index in [4.69, 9.17) is 9.47 Å². The van der Waals surface area contributed by atoms with E-state index >= 15 is 0 Å². The number of nitrogens with zero attached hydrogens (tertiary/aromatic N) is 1. The second kappa shape index (κ2) is 11.6. The van der Waals surface area contributed by atoms with Crippen molar-refractivity contribution in [2.45, 2.75) is 9.79 Å². The predicted molar refractivity (Wildman–Crippen MR) is 131 cm³/mol. The number of carbonyl (C=O) groups excluding carboxylic acids is 1. The number of rotatable bonds is 11. The van der Waals surface area contributed by atoms with Crippen LogP contribution in [-0.4, -0.2) is 47.4 Å². The molecule has 0 radical (unpaired) electrons. The maximum atomic E-state index is 13.5. The Bertz CT molecular complexity index is 1150. The number of amides is 1. The van der Waals surface area contributed by atoms with Gasteiger partial charge in [-0.2, -0.15) is 0 Å². The van der Waals surface area contributed by atoms with Crippen LogP contribution in [0.25, 0.3) is 0 Å². The van der Waals surface area contributed by atoms with Crippen LogP contribution in [0.15, 0.2) is 88.7 Å². The molecule has 0 aromatic heterocycles. The average molecular weight is 487 g/mol. The summed E-state index contributed by atoms with van der Waals surface area (Å²) in [4.78, 5) is 13.9. The molecular weight excluding hydrogens is 460 g/mol. The third-order valence-electron chi connectivity index (χ3n) is 4.72. The zero-order chi connectivity index (χ0) is 23.7. The zero-order valence-electron chi connectivity index (χ0n) is 18.4. The van der Waals surface area contributed by atoms with Crippen molar-refractivity contribution in [1.29, 1.82) is 0 Å². The first-order valence-corrected chi connectivity index (χ1v) is 12.6. The van der Waals surface area contributed by atoms with Crippen molar-refractivity contribution in [2.24, 2.45) is 0 Å². The van der Waals surface area contributed by atoms with Gasteiger partial charge in [-0.25, -0.2) is 8.42 Å². The van der Waals surface area contributed by atoms with Gasteiger partial charge in [0.05, 0.1) is 24.8 Å². The molecule has 1 amide bonds. The second-order valence-electron chi connectivity index (χ2n) is 6.87. The minimum Gasteiger partial charge on any atom is -0.497 e. The van der Waals surface area contributed by atoms with Crippen LogP contribution in [0.3, 0.4) is 0 Å². The zero-order valence-corrected chi connectivity index (χ0v) is 20.1. The van der Waals surface area contributed by atoms with Crippen molar-refractivity contribution in [2.75, 3.05) is 37.4 Å². The summed E-state index contributed by atoms with van der Waals surface area (Å²) in [6.45, 7) is 0.0193. The number of benzene rings is 3. The van der Waals surface area contributed by atoms with E-state index in [-0.39, 0.29) is 17.1 Å². The molecule has 0 unspecified atom stereocenters. The first-order chi connectivity index (χ1) is 16.0. The number of methoxy groups -OCH3 is 2.